The second kappa shape index (κ2) is 10.2. The number of benzene rings is 2. The molecule has 0 fully saturated rings. The molecule has 0 radical (unpaired) electrons. The van der Waals surface area contributed by atoms with Gasteiger partial charge in [-0.3, -0.25) is 9.79 Å². The number of nitrogens with one attached hydrogen (secondary N) is 2. The van der Waals surface area contributed by atoms with Crippen LogP contribution in [0.4, 0.5) is 5.69 Å². The summed E-state index contributed by atoms with van der Waals surface area (Å²) >= 11 is 0. The van der Waals surface area contributed by atoms with E-state index < -0.39 is 0 Å². The maximum Gasteiger partial charge on any atom is 0.222 e. The predicted octanol–water partition coefficient (Wildman–Crippen LogP) is 2.95. The van der Waals surface area contributed by atoms with E-state index in [0.29, 0.717) is 19.5 Å². The smallest absolute Gasteiger partial charge is 0.222 e. The zero-order chi connectivity index (χ0) is 17.5. The molecule has 1 amide bonds. The molecule has 138 valence electrons. The lowest BCUT2D eigenvalue weighted by molar-refractivity contribution is -0.121. The summed E-state index contributed by atoms with van der Waals surface area (Å²) < 4.78 is 0. The number of fused-ring (bicyclic) bond motifs is 1. The molecule has 1 heterocycles. The number of aliphatic imine (C=N–C) groups is 1. The number of amides is 1. The van der Waals surface area contributed by atoms with Crippen LogP contribution in [0, 0.1) is 0 Å². The van der Waals surface area contributed by atoms with Gasteiger partial charge in [-0.2, -0.15) is 0 Å². The summed E-state index contributed by atoms with van der Waals surface area (Å²) in [6.45, 7) is 2.04. The largest absolute Gasteiger partial charge is 0.355 e. The third-order valence-corrected chi connectivity index (χ3v) is 4.32. The molecule has 2 N–H and O–H groups in total. The Labute approximate surface area is 171 Å². The summed E-state index contributed by atoms with van der Waals surface area (Å²) in [4.78, 5) is 18.5. The third-order valence-electron chi connectivity index (χ3n) is 4.32. The van der Waals surface area contributed by atoms with E-state index in [1.165, 1.54) is 11.3 Å². The first kappa shape index (κ1) is 20.2. The Kier molecular flexibility index (Phi) is 7.90. The molecule has 0 bridgehead atoms. The molecule has 5 nitrogen and oxygen atoms in total. The Bertz CT molecular complexity index is 748. The van der Waals surface area contributed by atoms with Crippen LogP contribution in [-0.4, -0.2) is 32.0 Å². The third kappa shape index (κ3) is 5.20. The highest BCUT2D eigenvalue weighted by molar-refractivity contribution is 14.0. The second-order valence-electron chi connectivity index (χ2n) is 6.02. The molecule has 2 aromatic rings. The van der Waals surface area contributed by atoms with Crippen LogP contribution < -0.4 is 15.5 Å². The Hall–Kier alpha value is -2.09. The number of carbonyl (C=O) groups excluding carboxylic acids is 1. The lowest BCUT2D eigenvalue weighted by Crippen LogP contribution is -2.42. The summed E-state index contributed by atoms with van der Waals surface area (Å²) in [5.41, 5.74) is 3.64. The number of halogens is 1. The predicted molar refractivity (Wildman–Crippen MR) is 117 cm³/mol. The van der Waals surface area contributed by atoms with Crippen LogP contribution >= 0.6 is 24.0 Å². The minimum atomic E-state index is 0. The fraction of sp³-hybridized carbons (Fsp3) is 0.300. The van der Waals surface area contributed by atoms with Gasteiger partial charge in [-0.15, -0.1) is 24.0 Å². The quantitative estimate of drug-likeness (QED) is 0.407. The van der Waals surface area contributed by atoms with Crippen LogP contribution in [0.2, 0.25) is 0 Å². The van der Waals surface area contributed by atoms with Crippen LogP contribution in [0.15, 0.2) is 59.6 Å². The molecule has 0 aliphatic carbocycles. The molecule has 0 unspecified atom stereocenters. The SMILES string of the molecule is CN=C(NCCC(=O)NCc1ccccc1)N1CCc2ccccc21.I. The molecule has 1 aliphatic rings. The van der Waals surface area contributed by atoms with Crippen molar-refractivity contribution in [2.24, 2.45) is 4.99 Å². The van der Waals surface area contributed by atoms with Gasteiger partial charge in [0.2, 0.25) is 5.91 Å². The minimum absolute atomic E-state index is 0. The molecule has 0 spiro atoms. The van der Waals surface area contributed by atoms with Gasteiger partial charge in [0.05, 0.1) is 0 Å². The highest BCUT2D eigenvalue weighted by Crippen LogP contribution is 2.27. The van der Waals surface area contributed by atoms with Gasteiger partial charge in [-0.1, -0.05) is 48.5 Å². The summed E-state index contributed by atoms with van der Waals surface area (Å²) in [7, 11) is 1.78. The first-order valence-corrected chi connectivity index (χ1v) is 8.64. The van der Waals surface area contributed by atoms with Gasteiger partial charge in [-0.05, 0) is 23.6 Å². The average Bonchev–Trinajstić information content (AvgIpc) is 3.08. The maximum absolute atomic E-state index is 12.0. The van der Waals surface area contributed by atoms with Crippen LogP contribution in [0.5, 0.6) is 0 Å². The Morgan fingerprint density at radius 3 is 2.58 bits per heavy atom. The summed E-state index contributed by atoms with van der Waals surface area (Å²) in [6.07, 6.45) is 1.44. The molecule has 0 saturated heterocycles. The molecule has 0 atom stereocenters. The summed E-state index contributed by atoms with van der Waals surface area (Å²) in [6, 6.07) is 18.3. The van der Waals surface area contributed by atoms with Crippen molar-refractivity contribution < 1.29 is 4.79 Å². The molecule has 6 heteroatoms. The highest BCUT2D eigenvalue weighted by atomic mass is 127. The number of hydrogen-bond acceptors (Lipinski definition) is 2. The molecule has 1 aliphatic heterocycles. The lowest BCUT2D eigenvalue weighted by atomic mass is 10.2. The molecule has 0 aromatic heterocycles. The Balaban J connectivity index is 0.00000243. The van der Waals surface area contributed by atoms with E-state index in [2.05, 4.69) is 38.7 Å². The van der Waals surface area contributed by atoms with Gasteiger partial charge in [0.1, 0.15) is 0 Å². The van der Waals surface area contributed by atoms with Crippen molar-refractivity contribution in [3.05, 3.63) is 65.7 Å². The molecule has 2 aromatic carbocycles. The fourth-order valence-corrected chi connectivity index (χ4v) is 3.03. The maximum atomic E-state index is 12.0. The van der Waals surface area contributed by atoms with Gasteiger partial charge in [0, 0.05) is 38.8 Å². The van der Waals surface area contributed by atoms with Gasteiger partial charge >= 0.3 is 0 Å². The van der Waals surface area contributed by atoms with Crippen molar-refractivity contribution in [2.45, 2.75) is 19.4 Å². The minimum Gasteiger partial charge on any atom is -0.355 e. The number of nitrogens with zero attached hydrogens (tertiary/aromatic N) is 2. The number of carbonyl (C=O) groups is 1. The molecule has 26 heavy (non-hydrogen) atoms. The lowest BCUT2D eigenvalue weighted by Gasteiger charge is -2.22. The topological polar surface area (TPSA) is 56.7 Å². The number of rotatable bonds is 5. The number of para-hydroxylation sites is 1. The fourth-order valence-electron chi connectivity index (χ4n) is 3.03. The van der Waals surface area contributed by atoms with Crippen LogP contribution in [0.3, 0.4) is 0 Å². The van der Waals surface area contributed by atoms with Gasteiger partial charge in [-0.25, -0.2) is 0 Å². The highest BCUT2D eigenvalue weighted by Gasteiger charge is 2.22. The zero-order valence-electron chi connectivity index (χ0n) is 14.9. The van der Waals surface area contributed by atoms with E-state index >= 15 is 0 Å². The van der Waals surface area contributed by atoms with Crippen LogP contribution in [0.25, 0.3) is 0 Å². The monoisotopic (exact) mass is 464 g/mol. The van der Waals surface area contributed by atoms with E-state index in [-0.39, 0.29) is 29.9 Å². The first-order chi connectivity index (χ1) is 12.3. The molecular formula is C20H25IN4O. The van der Waals surface area contributed by atoms with Gasteiger partial charge in [0.25, 0.3) is 0 Å². The van der Waals surface area contributed by atoms with E-state index in [9.17, 15) is 4.79 Å². The van der Waals surface area contributed by atoms with Gasteiger partial charge < -0.3 is 15.5 Å². The van der Waals surface area contributed by atoms with Crippen LogP contribution in [0.1, 0.15) is 17.5 Å². The summed E-state index contributed by atoms with van der Waals surface area (Å²) in [5, 5.41) is 6.24. The van der Waals surface area contributed by atoms with Crippen molar-refractivity contribution in [3.8, 4) is 0 Å². The van der Waals surface area contributed by atoms with Crippen LogP contribution in [-0.2, 0) is 17.8 Å². The molecule has 3 rings (SSSR count). The van der Waals surface area contributed by atoms with Crippen molar-refractivity contribution in [1.82, 2.24) is 10.6 Å². The zero-order valence-corrected chi connectivity index (χ0v) is 17.3. The number of hydrogen-bond donors (Lipinski definition) is 2. The van der Waals surface area contributed by atoms with E-state index in [1.807, 2.05) is 36.4 Å². The first-order valence-electron chi connectivity index (χ1n) is 8.64. The normalized spacial score (nSPS) is 13.0. The average molecular weight is 464 g/mol. The number of guanidine groups is 1. The van der Waals surface area contributed by atoms with E-state index in [1.54, 1.807) is 7.05 Å². The van der Waals surface area contributed by atoms with Crippen molar-refractivity contribution >= 4 is 41.5 Å². The Morgan fingerprint density at radius 2 is 1.81 bits per heavy atom. The molecular weight excluding hydrogens is 439 g/mol. The van der Waals surface area contributed by atoms with E-state index in [0.717, 1.165) is 24.5 Å². The van der Waals surface area contributed by atoms with E-state index in [4.69, 9.17) is 0 Å². The van der Waals surface area contributed by atoms with Crippen molar-refractivity contribution in [2.75, 3.05) is 25.0 Å². The van der Waals surface area contributed by atoms with Crippen molar-refractivity contribution in [3.63, 3.8) is 0 Å². The second-order valence-corrected chi connectivity index (χ2v) is 6.02. The Morgan fingerprint density at radius 1 is 1.08 bits per heavy atom. The summed E-state index contributed by atoms with van der Waals surface area (Å²) in [5.74, 6) is 0.856. The van der Waals surface area contributed by atoms with Gasteiger partial charge in [0.15, 0.2) is 5.96 Å². The van der Waals surface area contributed by atoms with Crippen molar-refractivity contribution in [1.29, 1.82) is 0 Å². The molecule has 0 saturated carbocycles. The number of anilines is 1. The standard InChI is InChI=1S/C20H24N4O.HI/c1-21-20(24-14-12-17-9-5-6-10-18(17)24)22-13-11-19(25)23-15-16-7-3-2-4-8-16;/h2-10H,11-15H2,1H3,(H,21,22)(H,23,25);1H.